The van der Waals surface area contributed by atoms with Crippen LogP contribution in [0.25, 0.3) is 0 Å². The van der Waals surface area contributed by atoms with Crippen LogP contribution in [0.1, 0.15) is 20.8 Å². The summed E-state index contributed by atoms with van der Waals surface area (Å²) in [5.41, 5.74) is -0.593. The summed E-state index contributed by atoms with van der Waals surface area (Å²) in [7, 11) is 0. The lowest BCUT2D eigenvalue weighted by atomic mass is 9.96. The predicted octanol–water partition coefficient (Wildman–Crippen LogP) is 3.38. The molecule has 1 heterocycles. The Morgan fingerprint density at radius 1 is 1.47 bits per heavy atom. The van der Waals surface area contributed by atoms with Gasteiger partial charge in [0.25, 0.3) is 5.76 Å². The summed E-state index contributed by atoms with van der Waals surface area (Å²) in [5.74, 6) is -2.62. The number of pyridine rings is 1. The molecule has 0 aliphatic carbocycles. The minimum atomic E-state index is -2.54. The molecule has 0 atom stereocenters. The van der Waals surface area contributed by atoms with Gasteiger partial charge in [-0.05, 0) is 12.1 Å². The quantitative estimate of drug-likeness (QED) is 0.847. The lowest BCUT2D eigenvalue weighted by Gasteiger charge is -2.18. The average molecular weight is 260 g/mol. The summed E-state index contributed by atoms with van der Waals surface area (Å²) in [4.78, 5) is 15.9. The highest BCUT2D eigenvalue weighted by molar-refractivity contribution is 7.99. The highest BCUT2D eigenvalue weighted by atomic mass is 32.2. The van der Waals surface area contributed by atoms with Crippen molar-refractivity contribution in [2.24, 2.45) is 5.41 Å². The SMILES string of the molecule is CC(C)(C)C(=O)Nc1ncccc1SC(F)F. The molecule has 1 aromatic heterocycles. The standard InChI is InChI=1S/C11H14F2N2OS/c1-11(2,3)9(16)15-8-7(17-10(12)13)5-4-6-14-8/h4-6,10H,1-3H3,(H,14,15,16). The topological polar surface area (TPSA) is 42.0 Å². The number of amides is 1. The molecule has 17 heavy (non-hydrogen) atoms. The molecule has 6 heteroatoms. The van der Waals surface area contributed by atoms with Crippen molar-refractivity contribution in [1.82, 2.24) is 4.98 Å². The normalized spacial score (nSPS) is 11.6. The van der Waals surface area contributed by atoms with Crippen LogP contribution in [-0.2, 0) is 4.79 Å². The van der Waals surface area contributed by atoms with Gasteiger partial charge in [-0.1, -0.05) is 32.5 Å². The summed E-state index contributed by atoms with van der Waals surface area (Å²) in [6.07, 6.45) is 1.45. The largest absolute Gasteiger partial charge is 0.309 e. The van der Waals surface area contributed by atoms with Gasteiger partial charge in [0.05, 0.1) is 4.90 Å². The number of aromatic nitrogens is 1. The number of thioether (sulfide) groups is 1. The Morgan fingerprint density at radius 3 is 2.65 bits per heavy atom. The second kappa shape index (κ2) is 5.44. The van der Waals surface area contributed by atoms with Gasteiger partial charge in [-0.25, -0.2) is 4.98 Å². The van der Waals surface area contributed by atoms with Crippen molar-refractivity contribution in [1.29, 1.82) is 0 Å². The number of carbonyl (C=O) groups is 1. The van der Waals surface area contributed by atoms with Crippen molar-refractivity contribution >= 4 is 23.5 Å². The van der Waals surface area contributed by atoms with E-state index in [1.165, 1.54) is 12.3 Å². The van der Waals surface area contributed by atoms with E-state index >= 15 is 0 Å². The lowest BCUT2D eigenvalue weighted by Crippen LogP contribution is -2.28. The number of nitrogens with zero attached hydrogens (tertiary/aromatic N) is 1. The van der Waals surface area contributed by atoms with E-state index in [0.29, 0.717) is 11.8 Å². The van der Waals surface area contributed by atoms with Crippen LogP contribution in [0, 0.1) is 5.41 Å². The van der Waals surface area contributed by atoms with Crippen molar-refractivity contribution in [2.75, 3.05) is 5.32 Å². The molecule has 0 saturated carbocycles. The molecule has 0 saturated heterocycles. The highest BCUT2D eigenvalue weighted by Crippen LogP contribution is 2.30. The molecule has 0 aliphatic heterocycles. The number of hydrogen-bond acceptors (Lipinski definition) is 3. The molecule has 1 rings (SSSR count). The molecule has 1 N–H and O–H groups in total. The van der Waals surface area contributed by atoms with Gasteiger partial charge in [0.15, 0.2) is 0 Å². The van der Waals surface area contributed by atoms with Crippen LogP contribution in [-0.4, -0.2) is 16.6 Å². The first-order valence-corrected chi connectivity index (χ1v) is 5.90. The van der Waals surface area contributed by atoms with E-state index in [9.17, 15) is 13.6 Å². The lowest BCUT2D eigenvalue weighted by molar-refractivity contribution is -0.123. The van der Waals surface area contributed by atoms with Crippen molar-refractivity contribution in [3.05, 3.63) is 18.3 Å². The maximum Gasteiger partial charge on any atom is 0.289 e. The van der Waals surface area contributed by atoms with E-state index in [4.69, 9.17) is 0 Å². The monoisotopic (exact) mass is 260 g/mol. The van der Waals surface area contributed by atoms with Gasteiger partial charge >= 0.3 is 0 Å². The zero-order valence-corrected chi connectivity index (χ0v) is 10.6. The van der Waals surface area contributed by atoms with E-state index in [1.807, 2.05) is 0 Å². The van der Waals surface area contributed by atoms with E-state index in [-0.39, 0.29) is 16.6 Å². The van der Waals surface area contributed by atoms with Crippen LogP contribution >= 0.6 is 11.8 Å². The number of nitrogens with one attached hydrogen (secondary N) is 1. The fourth-order valence-corrected chi connectivity index (χ4v) is 1.53. The zero-order chi connectivity index (χ0) is 13.1. The van der Waals surface area contributed by atoms with Crippen LogP contribution in [0.5, 0.6) is 0 Å². The van der Waals surface area contributed by atoms with E-state index in [0.717, 1.165) is 0 Å². The molecule has 1 aromatic rings. The van der Waals surface area contributed by atoms with Gasteiger partial charge in [-0.2, -0.15) is 8.78 Å². The van der Waals surface area contributed by atoms with Gasteiger partial charge in [-0.15, -0.1) is 0 Å². The van der Waals surface area contributed by atoms with Gasteiger partial charge in [0.1, 0.15) is 5.82 Å². The molecule has 1 amide bonds. The smallest absolute Gasteiger partial charge is 0.289 e. The fraction of sp³-hybridized carbons (Fsp3) is 0.455. The Morgan fingerprint density at radius 2 is 2.12 bits per heavy atom. The van der Waals surface area contributed by atoms with Crippen LogP contribution in [0.4, 0.5) is 14.6 Å². The van der Waals surface area contributed by atoms with E-state index in [2.05, 4.69) is 10.3 Å². The van der Waals surface area contributed by atoms with Crippen LogP contribution in [0.15, 0.2) is 23.2 Å². The Labute approximate surface area is 103 Å². The molecular weight excluding hydrogens is 246 g/mol. The number of halogens is 2. The third kappa shape index (κ3) is 4.30. The summed E-state index contributed by atoms with van der Waals surface area (Å²) < 4.78 is 24.6. The molecule has 3 nitrogen and oxygen atoms in total. The van der Waals surface area contributed by atoms with Gasteiger partial charge in [-0.3, -0.25) is 4.79 Å². The van der Waals surface area contributed by atoms with E-state index < -0.39 is 11.2 Å². The number of alkyl halides is 2. The van der Waals surface area contributed by atoms with Crippen LogP contribution in [0.3, 0.4) is 0 Å². The molecule has 0 spiro atoms. The van der Waals surface area contributed by atoms with E-state index in [1.54, 1.807) is 26.8 Å². The second-order valence-corrected chi connectivity index (χ2v) is 5.46. The van der Waals surface area contributed by atoms with Crippen LogP contribution in [0.2, 0.25) is 0 Å². The summed E-state index contributed by atoms with van der Waals surface area (Å²) in [6.45, 7) is 5.22. The third-order valence-corrected chi connectivity index (χ3v) is 2.66. The molecule has 0 bridgehead atoms. The van der Waals surface area contributed by atoms with Crippen molar-refractivity contribution in [2.45, 2.75) is 31.4 Å². The Balaban J connectivity index is 2.87. The molecule has 0 aliphatic rings. The first-order valence-electron chi connectivity index (χ1n) is 5.02. The summed E-state index contributed by atoms with van der Waals surface area (Å²) >= 11 is 0.367. The molecule has 94 valence electrons. The first-order chi connectivity index (χ1) is 7.80. The first kappa shape index (κ1) is 13.9. The number of hydrogen-bond donors (Lipinski definition) is 1. The van der Waals surface area contributed by atoms with Crippen molar-refractivity contribution < 1.29 is 13.6 Å². The summed E-state index contributed by atoms with van der Waals surface area (Å²) in [6, 6.07) is 3.06. The zero-order valence-electron chi connectivity index (χ0n) is 9.83. The maximum atomic E-state index is 12.3. The molecule has 0 aromatic carbocycles. The molecule has 0 fully saturated rings. The molecular formula is C11H14F2N2OS. The Kier molecular flexibility index (Phi) is 4.45. The third-order valence-electron chi connectivity index (χ3n) is 1.90. The van der Waals surface area contributed by atoms with Crippen LogP contribution < -0.4 is 5.32 Å². The molecule has 0 radical (unpaired) electrons. The summed E-state index contributed by atoms with van der Waals surface area (Å²) in [5, 5.41) is 2.55. The van der Waals surface area contributed by atoms with Gasteiger partial charge < -0.3 is 5.32 Å². The minimum Gasteiger partial charge on any atom is -0.309 e. The number of anilines is 1. The second-order valence-electron chi connectivity index (χ2n) is 4.43. The minimum absolute atomic E-state index is 0.178. The number of rotatable bonds is 3. The number of carbonyl (C=O) groups excluding carboxylic acids is 1. The fourth-order valence-electron chi connectivity index (χ4n) is 0.971. The Bertz CT molecular complexity index is 405. The maximum absolute atomic E-state index is 12.3. The average Bonchev–Trinajstić information content (AvgIpc) is 2.18. The van der Waals surface area contributed by atoms with Gasteiger partial charge in [0, 0.05) is 11.6 Å². The van der Waals surface area contributed by atoms with Gasteiger partial charge in [0.2, 0.25) is 5.91 Å². The van der Waals surface area contributed by atoms with Crippen molar-refractivity contribution in [3.8, 4) is 0 Å². The van der Waals surface area contributed by atoms with Crippen molar-refractivity contribution in [3.63, 3.8) is 0 Å². The Hall–Kier alpha value is -1.17. The highest BCUT2D eigenvalue weighted by Gasteiger charge is 2.23. The molecule has 0 unspecified atom stereocenters. The predicted molar refractivity (Wildman–Crippen MR) is 64.2 cm³/mol.